The maximum atomic E-state index is 13.4. The molecule has 1 amide bonds. The molecule has 2 nitrogen and oxygen atoms in total. The lowest BCUT2D eigenvalue weighted by Gasteiger charge is -2.08. The van der Waals surface area contributed by atoms with Crippen LogP contribution in [0.25, 0.3) is 0 Å². The van der Waals surface area contributed by atoms with Gasteiger partial charge in [0.05, 0.1) is 10.0 Å². The zero-order valence-corrected chi connectivity index (χ0v) is 12.1. The number of nitrogens with one attached hydrogen (secondary N) is 1. The van der Waals surface area contributed by atoms with Gasteiger partial charge in [-0.15, -0.1) is 0 Å². The highest BCUT2D eigenvalue weighted by Gasteiger charge is 2.12. The van der Waals surface area contributed by atoms with Gasteiger partial charge in [0.2, 0.25) is 0 Å². The normalized spacial score (nSPS) is 10.3. The van der Waals surface area contributed by atoms with Crippen molar-refractivity contribution in [2.75, 3.05) is 6.54 Å². The van der Waals surface area contributed by atoms with E-state index < -0.39 is 11.7 Å². The van der Waals surface area contributed by atoms with E-state index in [0.29, 0.717) is 12.0 Å². The van der Waals surface area contributed by atoms with Crippen LogP contribution in [0.4, 0.5) is 8.78 Å². The Bertz CT molecular complexity index is 631. The number of halogens is 3. The largest absolute Gasteiger partial charge is 0.352 e. The molecule has 2 aromatic rings. The minimum Gasteiger partial charge on any atom is -0.352 e. The van der Waals surface area contributed by atoms with E-state index in [2.05, 4.69) is 21.2 Å². The van der Waals surface area contributed by atoms with Crippen LogP contribution in [0.5, 0.6) is 0 Å². The standard InChI is InChI=1S/C15H12BrF2NO/c16-14-11(5-3-7-13(14)18)15(20)19-9-8-10-4-1-2-6-12(10)17/h1-7H,8-9H2,(H,19,20). The number of benzene rings is 2. The molecular formula is C15H12BrF2NO. The summed E-state index contributed by atoms with van der Waals surface area (Å²) in [6, 6.07) is 10.6. The lowest BCUT2D eigenvalue weighted by atomic mass is 10.1. The first-order valence-electron chi connectivity index (χ1n) is 6.05. The summed E-state index contributed by atoms with van der Waals surface area (Å²) in [5.41, 5.74) is 0.754. The molecule has 0 unspecified atom stereocenters. The summed E-state index contributed by atoms with van der Waals surface area (Å²) in [6.07, 6.45) is 0.380. The molecule has 0 atom stereocenters. The summed E-state index contributed by atoms with van der Waals surface area (Å²) in [6.45, 7) is 0.280. The first kappa shape index (κ1) is 14.7. The Kier molecular flexibility index (Phi) is 4.84. The molecule has 1 N–H and O–H groups in total. The van der Waals surface area contributed by atoms with Crippen LogP contribution >= 0.6 is 15.9 Å². The molecule has 0 heterocycles. The molecule has 0 aliphatic heterocycles. The Morgan fingerprint density at radius 1 is 1.05 bits per heavy atom. The molecule has 5 heteroatoms. The van der Waals surface area contributed by atoms with E-state index in [-0.39, 0.29) is 22.4 Å². The van der Waals surface area contributed by atoms with Gasteiger partial charge >= 0.3 is 0 Å². The van der Waals surface area contributed by atoms with E-state index in [1.54, 1.807) is 18.2 Å². The number of amides is 1. The minimum atomic E-state index is -0.494. The van der Waals surface area contributed by atoms with Crippen molar-refractivity contribution in [1.29, 1.82) is 0 Å². The summed E-state index contributed by atoms with van der Waals surface area (Å²) in [5, 5.41) is 2.64. The van der Waals surface area contributed by atoms with Crippen molar-refractivity contribution in [3.63, 3.8) is 0 Å². The molecule has 0 aliphatic carbocycles. The second-order valence-electron chi connectivity index (χ2n) is 4.20. The second kappa shape index (κ2) is 6.61. The quantitative estimate of drug-likeness (QED) is 0.904. The molecule has 0 bridgehead atoms. The van der Waals surface area contributed by atoms with Crippen molar-refractivity contribution in [3.8, 4) is 0 Å². The van der Waals surface area contributed by atoms with Gasteiger partial charge in [-0.25, -0.2) is 8.78 Å². The summed E-state index contributed by atoms with van der Waals surface area (Å²) in [4.78, 5) is 11.9. The SMILES string of the molecule is O=C(NCCc1ccccc1F)c1cccc(F)c1Br. The Morgan fingerprint density at radius 3 is 2.50 bits per heavy atom. The van der Waals surface area contributed by atoms with Gasteiger partial charge in [-0.2, -0.15) is 0 Å². The van der Waals surface area contributed by atoms with Crippen LogP contribution in [0.1, 0.15) is 15.9 Å². The molecule has 0 aliphatic rings. The molecular weight excluding hydrogens is 328 g/mol. The third kappa shape index (κ3) is 3.42. The number of hydrogen-bond donors (Lipinski definition) is 1. The molecule has 0 saturated heterocycles. The predicted octanol–water partition coefficient (Wildman–Crippen LogP) is 3.70. The topological polar surface area (TPSA) is 29.1 Å². The zero-order chi connectivity index (χ0) is 14.5. The molecule has 20 heavy (non-hydrogen) atoms. The summed E-state index contributed by atoms with van der Waals surface area (Å²) >= 11 is 3.03. The molecule has 0 spiro atoms. The van der Waals surface area contributed by atoms with Crippen LogP contribution in [0.3, 0.4) is 0 Å². The molecule has 0 fully saturated rings. The Balaban J connectivity index is 1.96. The molecule has 2 rings (SSSR count). The third-order valence-corrected chi connectivity index (χ3v) is 3.64. The summed E-state index contributed by atoms with van der Waals surface area (Å²) < 4.78 is 26.8. The highest BCUT2D eigenvalue weighted by atomic mass is 79.9. The average molecular weight is 340 g/mol. The average Bonchev–Trinajstić information content (AvgIpc) is 2.44. The highest BCUT2D eigenvalue weighted by molar-refractivity contribution is 9.10. The van der Waals surface area contributed by atoms with Crippen molar-refractivity contribution in [1.82, 2.24) is 5.32 Å². The minimum absolute atomic E-state index is 0.128. The first-order valence-corrected chi connectivity index (χ1v) is 6.84. The number of carbonyl (C=O) groups excluding carboxylic acids is 1. The van der Waals surface area contributed by atoms with Gasteiger partial charge in [0, 0.05) is 6.54 Å². The Hall–Kier alpha value is -1.75. The van der Waals surface area contributed by atoms with Crippen LogP contribution in [0, 0.1) is 11.6 Å². The van der Waals surface area contributed by atoms with E-state index in [4.69, 9.17) is 0 Å². The number of carbonyl (C=O) groups is 1. The van der Waals surface area contributed by atoms with E-state index >= 15 is 0 Å². The van der Waals surface area contributed by atoms with Crippen LogP contribution in [-0.2, 0) is 6.42 Å². The lowest BCUT2D eigenvalue weighted by molar-refractivity contribution is 0.0952. The van der Waals surface area contributed by atoms with Crippen molar-refractivity contribution in [2.24, 2.45) is 0 Å². The van der Waals surface area contributed by atoms with E-state index in [0.717, 1.165) is 0 Å². The summed E-state index contributed by atoms with van der Waals surface area (Å²) in [5.74, 6) is -1.19. The Labute approximate surface area is 123 Å². The fourth-order valence-corrected chi connectivity index (χ4v) is 2.23. The van der Waals surface area contributed by atoms with Gasteiger partial charge in [0.1, 0.15) is 11.6 Å². The van der Waals surface area contributed by atoms with Gasteiger partial charge in [0.25, 0.3) is 5.91 Å². The van der Waals surface area contributed by atoms with Gasteiger partial charge in [-0.1, -0.05) is 24.3 Å². The summed E-state index contributed by atoms with van der Waals surface area (Å²) in [7, 11) is 0. The van der Waals surface area contributed by atoms with E-state index in [1.165, 1.54) is 24.3 Å². The molecule has 0 saturated carbocycles. The fraction of sp³-hybridized carbons (Fsp3) is 0.133. The molecule has 2 aromatic carbocycles. The third-order valence-electron chi connectivity index (χ3n) is 2.83. The first-order chi connectivity index (χ1) is 9.59. The van der Waals surface area contributed by atoms with Crippen molar-refractivity contribution < 1.29 is 13.6 Å². The van der Waals surface area contributed by atoms with Crippen LogP contribution in [0.2, 0.25) is 0 Å². The molecule has 0 radical (unpaired) electrons. The monoisotopic (exact) mass is 339 g/mol. The maximum absolute atomic E-state index is 13.4. The Morgan fingerprint density at radius 2 is 1.75 bits per heavy atom. The zero-order valence-electron chi connectivity index (χ0n) is 10.5. The van der Waals surface area contributed by atoms with Crippen molar-refractivity contribution in [3.05, 3.63) is 69.7 Å². The lowest BCUT2D eigenvalue weighted by Crippen LogP contribution is -2.26. The molecule has 0 aromatic heterocycles. The number of hydrogen-bond acceptors (Lipinski definition) is 1. The second-order valence-corrected chi connectivity index (χ2v) is 4.99. The van der Waals surface area contributed by atoms with E-state index in [9.17, 15) is 13.6 Å². The van der Waals surface area contributed by atoms with Crippen molar-refractivity contribution in [2.45, 2.75) is 6.42 Å². The highest BCUT2D eigenvalue weighted by Crippen LogP contribution is 2.20. The fourth-order valence-electron chi connectivity index (χ4n) is 1.79. The van der Waals surface area contributed by atoms with Gasteiger partial charge in [-0.3, -0.25) is 4.79 Å². The number of rotatable bonds is 4. The van der Waals surface area contributed by atoms with Crippen molar-refractivity contribution >= 4 is 21.8 Å². The van der Waals surface area contributed by atoms with E-state index in [1.807, 2.05) is 0 Å². The van der Waals surface area contributed by atoms with Gasteiger partial charge in [0.15, 0.2) is 0 Å². The molecule has 104 valence electrons. The maximum Gasteiger partial charge on any atom is 0.252 e. The van der Waals surface area contributed by atoms with Crippen LogP contribution in [-0.4, -0.2) is 12.5 Å². The predicted molar refractivity (Wildman–Crippen MR) is 76.5 cm³/mol. The van der Waals surface area contributed by atoms with Gasteiger partial charge < -0.3 is 5.32 Å². The van der Waals surface area contributed by atoms with Crippen LogP contribution < -0.4 is 5.32 Å². The van der Waals surface area contributed by atoms with Gasteiger partial charge in [-0.05, 0) is 46.1 Å². The smallest absolute Gasteiger partial charge is 0.252 e. The van der Waals surface area contributed by atoms with Crippen LogP contribution in [0.15, 0.2) is 46.9 Å².